The summed E-state index contributed by atoms with van der Waals surface area (Å²) in [7, 11) is 0. The zero-order valence-electron chi connectivity index (χ0n) is 35.2. The van der Waals surface area contributed by atoms with Crippen LogP contribution in [0.5, 0.6) is 0 Å². The van der Waals surface area contributed by atoms with Gasteiger partial charge in [-0.15, -0.1) is 0 Å². The van der Waals surface area contributed by atoms with Crippen LogP contribution in [0.4, 0.5) is 26.3 Å². The van der Waals surface area contributed by atoms with Gasteiger partial charge in [0.25, 0.3) is 0 Å². The maximum absolute atomic E-state index is 15.0. The molecule has 0 saturated heterocycles. The monoisotopic (exact) mass is 901 g/mol. The number of benzene rings is 9. The Morgan fingerprint density at radius 1 is 0.412 bits per heavy atom. The first-order valence-corrected chi connectivity index (χ1v) is 21.6. The number of furan rings is 2. The van der Waals surface area contributed by atoms with E-state index in [1.54, 1.807) is 24.3 Å². The van der Waals surface area contributed by atoms with Gasteiger partial charge in [0.2, 0.25) is 0 Å². The lowest BCUT2D eigenvalue weighted by Crippen LogP contribution is -2.14. The third-order valence-electron chi connectivity index (χ3n) is 13.2. The van der Waals surface area contributed by atoms with Crippen molar-refractivity contribution < 1.29 is 35.2 Å². The molecule has 0 amide bonds. The molecule has 4 heterocycles. The molecule has 9 aromatic carbocycles. The van der Waals surface area contributed by atoms with Crippen LogP contribution in [-0.4, -0.2) is 9.13 Å². The van der Waals surface area contributed by atoms with Gasteiger partial charge in [-0.1, -0.05) is 91.0 Å². The van der Waals surface area contributed by atoms with E-state index in [4.69, 9.17) is 8.83 Å². The Morgan fingerprint density at radius 3 is 1.44 bits per heavy atom. The standard InChI is InChI=1S/C57H29F6N3O2/c58-56(59,60)41-14-9-15-42(57(61,62)63)51(41)32-21-25-45(65-43-16-5-1-12-38(43)52-46(65)26-23-36-34-10-3-7-18-49(34)67-54(36)52)40(29-32)33-22-20-31(30-64)28-48(33)66-44-17-6-2-13-39(44)53-47(66)27-24-37-35-11-4-8-19-50(35)68-55(37)53/h1-29H. The lowest BCUT2D eigenvalue weighted by Gasteiger charge is -2.22. The van der Waals surface area contributed by atoms with Crippen LogP contribution >= 0.6 is 0 Å². The predicted molar refractivity (Wildman–Crippen MR) is 255 cm³/mol. The Hall–Kier alpha value is -8.75. The molecule has 326 valence electrons. The Balaban J connectivity index is 1.18. The number of alkyl halides is 6. The fourth-order valence-electron chi connectivity index (χ4n) is 10.4. The average molecular weight is 902 g/mol. The molecule has 0 unspecified atom stereocenters. The van der Waals surface area contributed by atoms with Gasteiger partial charge in [0, 0.05) is 49.0 Å². The minimum atomic E-state index is -5.13. The van der Waals surface area contributed by atoms with E-state index in [-0.39, 0.29) is 11.1 Å². The fraction of sp³-hybridized carbons (Fsp3) is 0.0351. The van der Waals surface area contributed by atoms with E-state index in [2.05, 4.69) is 6.07 Å². The topological polar surface area (TPSA) is 59.9 Å². The van der Waals surface area contributed by atoms with Crippen LogP contribution in [0.25, 0.3) is 121 Å². The molecule has 0 atom stereocenters. The Morgan fingerprint density at radius 2 is 0.912 bits per heavy atom. The summed E-state index contributed by atoms with van der Waals surface area (Å²) >= 11 is 0. The first kappa shape index (κ1) is 39.6. The molecule has 0 aliphatic rings. The van der Waals surface area contributed by atoms with Crippen LogP contribution in [0.1, 0.15) is 16.7 Å². The molecule has 0 aliphatic carbocycles. The van der Waals surface area contributed by atoms with Gasteiger partial charge >= 0.3 is 12.4 Å². The normalized spacial score (nSPS) is 12.5. The van der Waals surface area contributed by atoms with Gasteiger partial charge in [-0.25, -0.2) is 0 Å². The lowest BCUT2D eigenvalue weighted by atomic mass is 9.90. The van der Waals surface area contributed by atoms with E-state index in [9.17, 15) is 31.6 Å². The second-order valence-electron chi connectivity index (χ2n) is 16.9. The molecular formula is C57H29F6N3O2. The maximum atomic E-state index is 15.0. The van der Waals surface area contributed by atoms with Gasteiger partial charge in [0.15, 0.2) is 0 Å². The van der Waals surface area contributed by atoms with Crippen LogP contribution in [0.3, 0.4) is 0 Å². The number of halogens is 6. The highest BCUT2D eigenvalue weighted by atomic mass is 19.4. The first-order valence-electron chi connectivity index (χ1n) is 21.6. The van der Waals surface area contributed by atoms with Gasteiger partial charge in [-0.3, -0.25) is 0 Å². The van der Waals surface area contributed by atoms with Crippen LogP contribution in [0, 0.1) is 11.3 Å². The number of para-hydroxylation sites is 4. The third-order valence-corrected chi connectivity index (χ3v) is 13.2. The second-order valence-corrected chi connectivity index (χ2v) is 16.9. The summed E-state index contributed by atoms with van der Waals surface area (Å²) in [5.74, 6) is 0. The van der Waals surface area contributed by atoms with Gasteiger partial charge in [0.1, 0.15) is 22.3 Å². The van der Waals surface area contributed by atoms with Gasteiger partial charge in [-0.05, 0) is 90.5 Å². The lowest BCUT2D eigenvalue weighted by molar-refractivity contribution is -0.142. The molecule has 0 N–H and O–H groups in total. The number of fused-ring (bicyclic) bond motifs is 14. The van der Waals surface area contributed by atoms with Crippen LogP contribution in [0.2, 0.25) is 0 Å². The van der Waals surface area contributed by atoms with Crippen molar-refractivity contribution in [2.45, 2.75) is 12.4 Å². The van der Waals surface area contributed by atoms with Gasteiger partial charge < -0.3 is 18.0 Å². The number of nitrogens with zero attached hydrogens (tertiary/aromatic N) is 3. The smallest absolute Gasteiger partial charge is 0.417 e. The summed E-state index contributed by atoms with van der Waals surface area (Å²) in [5, 5.41) is 17.3. The zero-order valence-corrected chi connectivity index (χ0v) is 35.2. The molecule has 5 nitrogen and oxygen atoms in total. The van der Waals surface area contributed by atoms with Crippen molar-refractivity contribution in [1.29, 1.82) is 5.26 Å². The molecule has 0 aliphatic heterocycles. The van der Waals surface area contributed by atoms with Crippen molar-refractivity contribution in [1.82, 2.24) is 9.13 Å². The molecule has 0 fully saturated rings. The Kier molecular flexibility index (Phi) is 8.23. The van der Waals surface area contributed by atoms with E-state index >= 15 is 0 Å². The van der Waals surface area contributed by atoms with Crippen LogP contribution in [-0.2, 0) is 12.4 Å². The predicted octanol–water partition coefficient (Wildman–Crippen LogP) is 16.9. The van der Waals surface area contributed by atoms with Crippen molar-refractivity contribution in [3.05, 3.63) is 193 Å². The van der Waals surface area contributed by atoms with Gasteiger partial charge in [-0.2, -0.15) is 31.6 Å². The highest BCUT2D eigenvalue weighted by Crippen LogP contribution is 2.49. The quantitative estimate of drug-likeness (QED) is 0.165. The van der Waals surface area contributed by atoms with Gasteiger partial charge in [0.05, 0.1) is 67.0 Å². The fourth-order valence-corrected chi connectivity index (χ4v) is 10.4. The number of nitriles is 1. The highest BCUT2D eigenvalue weighted by molar-refractivity contribution is 6.25. The molecule has 4 aromatic heterocycles. The molecule has 13 rings (SSSR count). The van der Waals surface area contributed by atoms with Crippen LogP contribution in [0.15, 0.2) is 185 Å². The number of hydrogen-bond acceptors (Lipinski definition) is 3. The van der Waals surface area contributed by atoms with E-state index in [0.717, 1.165) is 60.2 Å². The maximum Gasteiger partial charge on any atom is 0.417 e. The Labute approximate surface area is 380 Å². The second kappa shape index (κ2) is 14.1. The highest BCUT2D eigenvalue weighted by Gasteiger charge is 2.41. The molecule has 0 radical (unpaired) electrons. The molecule has 0 saturated carbocycles. The summed E-state index contributed by atoms with van der Waals surface area (Å²) in [6.45, 7) is 0. The molecule has 0 bridgehead atoms. The molecular weight excluding hydrogens is 873 g/mol. The minimum Gasteiger partial charge on any atom is -0.455 e. The SMILES string of the molecule is N#Cc1ccc(-c2cc(-c3c(C(F)(F)F)cccc3C(F)(F)F)ccc2-n2c3ccccc3c3c4oc5ccccc5c4ccc32)c(-n2c3ccccc3c3c4oc5ccccc5c4ccc32)c1. The average Bonchev–Trinajstić information content (AvgIpc) is 4.10. The first-order chi connectivity index (χ1) is 33.0. The van der Waals surface area contributed by atoms with Crippen molar-refractivity contribution in [2.75, 3.05) is 0 Å². The zero-order chi connectivity index (χ0) is 46.2. The summed E-state index contributed by atoms with van der Waals surface area (Å²) in [6.07, 6.45) is -10.3. The Bertz CT molecular complexity index is 4300. The van der Waals surface area contributed by atoms with Crippen molar-refractivity contribution >= 4 is 87.5 Å². The molecule has 11 heteroatoms. The minimum absolute atomic E-state index is 0.281. The summed E-state index contributed by atoms with van der Waals surface area (Å²) < 4.78 is 107. The number of rotatable bonds is 4. The molecule has 0 spiro atoms. The number of aromatic nitrogens is 2. The largest absolute Gasteiger partial charge is 0.455 e. The summed E-state index contributed by atoms with van der Waals surface area (Å²) in [5.41, 5.74) is 3.30. The van der Waals surface area contributed by atoms with E-state index in [0.29, 0.717) is 68.0 Å². The van der Waals surface area contributed by atoms with Crippen molar-refractivity contribution in [3.8, 4) is 39.7 Å². The van der Waals surface area contributed by atoms with Crippen LogP contribution < -0.4 is 0 Å². The summed E-state index contributed by atoms with van der Waals surface area (Å²) in [4.78, 5) is 0. The summed E-state index contributed by atoms with van der Waals surface area (Å²) in [6, 6.07) is 52.4. The third kappa shape index (κ3) is 5.64. The number of hydrogen-bond donors (Lipinski definition) is 0. The molecule has 68 heavy (non-hydrogen) atoms. The molecule has 13 aromatic rings. The van der Waals surface area contributed by atoms with E-state index in [1.165, 1.54) is 12.1 Å². The van der Waals surface area contributed by atoms with E-state index in [1.807, 2.05) is 130 Å². The van der Waals surface area contributed by atoms with Crippen molar-refractivity contribution in [2.24, 2.45) is 0 Å². The van der Waals surface area contributed by atoms with Crippen molar-refractivity contribution in [3.63, 3.8) is 0 Å². The van der Waals surface area contributed by atoms with E-state index < -0.39 is 29.0 Å².